The van der Waals surface area contributed by atoms with Gasteiger partial charge in [0, 0.05) is 17.8 Å². The van der Waals surface area contributed by atoms with Crippen molar-refractivity contribution in [2.45, 2.75) is 25.4 Å². The van der Waals surface area contributed by atoms with Crippen molar-refractivity contribution in [2.75, 3.05) is 11.8 Å². The Balaban J connectivity index is 2.41. The lowest BCUT2D eigenvalue weighted by molar-refractivity contribution is 0.595. The standard InChI is InChI=1S/C13H17ClN4O2S/c1-8-4-5-11(14)12(6-8)18-21(19,20)13-10(7-15-3)9(2)16-17-13/h4-6,15,18H,7H2,1-3H3,(H,16,17). The number of hydrogen-bond donors (Lipinski definition) is 3. The molecule has 0 fully saturated rings. The summed E-state index contributed by atoms with van der Waals surface area (Å²) < 4.78 is 27.5. The van der Waals surface area contributed by atoms with Crippen LogP contribution in [-0.4, -0.2) is 25.7 Å². The maximum atomic E-state index is 12.5. The molecule has 2 rings (SSSR count). The van der Waals surface area contributed by atoms with E-state index in [0.717, 1.165) is 5.56 Å². The van der Waals surface area contributed by atoms with E-state index in [-0.39, 0.29) is 5.03 Å². The number of benzene rings is 1. The summed E-state index contributed by atoms with van der Waals surface area (Å²) in [5, 5.41) is 9.84. The van der Waals surface area contributed by atoms with Gasteiger partial charge in [0.1, 0.15) is 0 Å². The van der Waals surface area contributed by atoms with Crippen molar-refractivity contribution < 1.29 is 8.42 Å². The highest BCUT2D eigenvalue weighted by atomic mass is 35.5. The minimum Gasteiger partial charge on any atom is -0.316 e. The van der Waals surface area contributed by atoms with Crippen molar-refractivity contribution in [2.24, 2.45) is 0 Å². The molecule has 0 aliphatic heterocycles. The molecule has 0 radical (unpaired) electrons. The van der Waals surface area contributed by atoms with Crippen LogP contribution in [0, 0.1) is 13.8 Å². The molecule has 8 heteroatoms. The summed E-state index contributed by atoms with van der Waals surface area (Å²) in [5.74, 6) is 0. The van der Waals surface area contributed by atoms with Gasteiger partial charge in [0.15, 0.2) is 0 Å². The number of halogens is 1. The Morgan fingerprint density at radius 2 is 2.05 bits per heavy atom. The van der Waals surface area contributed by atoms with Gasteiger partial charge in [-0.2, -0.15) is 13.5 Å². The molecule has 0 aliphatic rings. The molecule has 1 aromatic heterocycles. The van der Waals surface area contributed by atoms with Gasteiger partial charge >= 0.3 is 0 Å². The van der Waals surface area contributed by atoms with Crippen LogP contribution in [0.1, 0.15) is 16.8 Å². The van der Waals surface area contributed by atoms with Crippen molar-refractivity contribution in [1.82, 2.24) is 15.5 Å². The molecule has 2 aromatic rings. The normalized spacial score (nSPS) is 11.6. The molecule has 0 bridgehead atoms. The lowest BCUT2D eigenvalue weighted by Crippen LogP contribution is -2.17. The number of nitrogens with one attached hydrogen (secondary N) is 3. The van der Waals surface area contributed by atoms with Crippen molar-refractivity contribution in [3.63, 3.8) is 0 Å². The number of nitrogens with zero attached hydrogens (tertiary/aromatic N) is 1. The molecule has 1 aromatic carbocycles. The molecule has 114 valence electrons. The summed E-state index contributed by atoms with van der Waals surface area (Å²) in [6, 6.07) is 5.14. The summed E-state index contributed by atoms with van der Waals surface area (Å²) in [5.41, 5.74) is 2.56. The molecule has 0 unspecified atom stereocenters. The zero-order chi connectivity index (χ0) is 15.6. The van der Waals surface area contributed by atoms with E-state index in [4.69, 9.17) is 11.6 Å². The van der Waals surface area contributed by atoms with E-state index in [1.54, 1.807) is 26.1 Å². The summed E-state index contributed by atoms with van der Waals surface area (Å²) in [7, 11) is -2.06. The van der Waals surface area contributed by atoms with Crippen LogP contribution in [0.5, 0.6) is 0 Å². The summed E-state index contributed by atoms with van der Waals surface area (Å²) >= 11 is 6.03. The minimum atomic E-state index is -3.80. The first kappa shape index (κ1) is 15.8. The molecule has 6 nitrogen and oxygen atoms in total. The second-order valence-corrected chi connectivity index (χ2v) is 6.76. The van der Waals surface area contributed by atoms with Crippen molar-refractivity contribution >= 4 is 27.3 Å². The highest BCUT2D eigenvalue weighted by Crippen LogP contribution is 2.26. The van der Waals surface area contributed by atoms with E-state index in [1.807, 2.05) is 13.0 Å². The molecule has 0 spiro atoms. The molecular formula is C13H17ClN4O2S. The number of anilines is 1. The van der Waals surface area contributed by atoms with Crippen molar-refractivity contribution in [3.05, 3.63) is 40.0 Å². The van der Waals surface area contributed by atoms with Crippen LogP contribution in [0.4, 0.5) is 5.69 Å². The van der Waals surface area contributed by atoms with Crippen LogP contribution in [-0.2, 0) is 16.6 Å². The second-order valence-electron chi connectivity index (χ2n) is 4.75. The van der Waals surface area contributed by atoms with E-state index < -0.39 is 10.0 Å². The molecule has 21 heavy (non-hydrogen) atoms. The lowest BCUT2D eigenvalue weighted by atomic mass is 10.2. The first-order valence-electron chi connectivity index (χ1n) is 6.32. The first-order valence-corrected chi connectivity index (χ1v) is 8.18. The van der Waals surface area contributed by atoms with Crippen molar-refractivity contribution in [3.8, 4) is 0 Å². The molecule has 0 atom stereocenters. The molecular weight excluding hydrogens is 312 g/mol. The van der Waals surface area contributed by atoms with Gasteiger partial charge in [-0.05, 0) is 38.6 Å². The Kier molecular flexibility index (Phi) is 4.55. The molecule has 0 saturated heterocycles. The number of aryl methyl sites for hydroxylation is 2. The fourth-order valence-corrected chi connectivity index (χ4v) is 3.44. The average Bonchev–Trinajstić information content (AvgIpc) is 2.77. The van der Waals surface area contributed by atoms with E-state index >= 15 is 0 Å². The number of aromatic amines is 1. The van der Waals surface area contributed by atoms with Gasteiger partial charge in [-0.3, -0.25) is 9.82 Å². The number of rotatable bonds is 5. The van der Waals surface area contributed by atoms with Crippen molar-refractivity contribution in [1.29, 1.82) is 0 Å². The monoisotopic (exact) mass is 328 g/mol. The Hall–Kier alpha value is -1.57. The van der Waals surface area contributed by atoms with Gasteiger partial charge in [-0.1, -0.05) is 17.7 Å². The Morgan fingerprint density at radius 1 is 1.33 bits per heavy atom. The van der Waals surface area contributed by atoms with Gasteiger partial charge in [0.2, 0.25) is 5.03 Å². The number of hydrogen-bond acceptors (Lipinski definition) is 4. The molecule has 0 amide bonds. The minimum absolute atomic E-state index is 0.0214. The van der Waals surface area contributed by atoms with Crippen LogP contribution < -0.4 is 10.0 Å². The third-order valence-corrected chi connectivity index (χ3v) is 4.68. The van der Waals surface area contributed by atoms with Gasteiger partial charge in [0.25, 0.3) is 10.0 Å². The highest BCUT2D eigenvalue weighted by Gasteiger charge is 2.24. The summed E-state index contributed by atoms with van der Waals surface area (Å²) in [6.07, 6.45) is 0. The smallest absolute Gasteiger partial charge is 0.281 e. The third kappa shape index (κ3) is 3.37. The molecule has 3 N–H and O–H groups in total. The van der Waals surface area contributed by atoms with Gasteiger partial charge < -0.3 is 5.32 Å². The predicted molar refractivity (Wildman–Crippen MR) is 83.1 cm³/mol. The molecule has 0 aliphatic carbocycles. The zero-order valence-electron chi connectivity index (χ0n) is 12.0. The lowest BCUT2D eigenvalue weighted by Gasteiger charge is -2.10. The number of sulfonamides is 1. The quantitative estimate of drug-likeness (QED) is 0.785. The fraction of sp³-hybridized carbons (Fsp3) is 0.308. The average molecular weight is 329 g/mol. The van der Waals surface area contributed by atoms with Crippen LogP contribution >= 0.6 is 11.6 Å². The van der Waals surface area contributed by atoms with Crippen LogP contribution in [0.15, 0.2) is 23.2 Å². The highest BCUT2D eigenvalue weighted by molar-refractivity contribution is 7.92. The Labute approximate surface area is 129 Å². The Bertz CT molecular complexity index is 756. The fourth-order valence-electron chi connectivity index (χ4n) is 1.95. The van der Waals surface area contributed by atoms with E-state index in [9.17, 15) is 8.42 Å². The summed E-state index contributed by atoms with van der Waals surface area (Å²) in [4.78, 5) is 0. The predicted octanol–water partition coefficient (Wildman–Crippen LogP) is 2.20. The topological polar surface area (TPSA) is 86.9 Å². The van der Waals surface area contributed by atoms with Crippen LogP contribution in [0.2, 0.25) is 5.02 Å². The zero-order valence-corrected chi connectivity index (χ0v) is 13.6. The van der Waals surface area contributed by atoms with E-state index in [0.29, 0.717) is 28.5 Å². The van der Waals surface area contributed by atoms with E-state index in [2.05, 4.69) is 20.2 Å². The number of H-pyrrole nitrogens is 1. The maximum Gasteiger partial charge on any atom is 0.281 e. The van der Waals surface area contributed by atoms with Gasteiger partial charge in [-0.25, -0.2) is 0 Å². The van der Waals surface area contributed by atoms with Crippen LogP contribution in [0.3, 0.4) is 0 Å². The van der Waals surface area contributed by atoms with Crippen LogP contribution in [0.25, 0.3) is 0 Å². The first-order chi connectivity index (χ1) is 9.85. The van der Waals surface area contributed by atoms with Gasteiger partial charge in [-0.15, -0.1) is 0 Å². The number of aromatic nitrogens is 2. The largest absolute Gasteiger partial charge is 0.316 e. The molecule has 1 heterocycles. The molecule has 0 saturated carbocycles. The van der Waals surface area contributed by atoms with Gasteiger partial charge in [0.05, 0.1) is 10.7 Å². The second kappa shape index (κ2) is 6.05. The van der Waals surface area contributed by atoms with E-state index in [1.165, 1.54) is 0 Å². The summed E-state index contributed by atoms with van der Waals surface area (Å²) in [6.45, 7) is 4.04. The SMILES string of the molecule is CNCc1c(S(=O)(=O)Nc2cc(C)ccc2Cl)n[nH]c1C. The third-order valence-electron chi connectivity index (χ3n) is 3.01. The maximum absolute atomic E-state index is 12.5. The Morgan fingerprint density at radius 3 is 2.71 bits per heavy atom.